The summed E-state index contributed by atoms with van der Waals surface area (Å²) in [5.41, 5.74) is 1.36. The lowest BCUT2D eigenvalue weighted by molar-refractivity contribution is -0.115. The summed E-state index contributed by atoms with van der Waals surface area (Å²) in [6.45, 7) is 0. The van der Waals surface area contributed by atoms with Crippen LogP contribution in [0.25, 0.3) is 0 Å². The van der Waals surface area contributed by atoms with Crippen molar-refractivity contribution in [3.05, 3.63) is 47.0 Å². The number of allylic oxidation sites excluding steroid dienone is 7. The highest BCUT2D eigenvalue weighted by Crippen LogP contribution is 2.37. The van der Waals surface area contributed by atoms with E-state index in [0.29, 0.717) is 29.9 Å². The fourth-order valence-electron chi connectivity index (χ4n) is 2.62. The fraction of sp³-hybridized carbons (Fsp3) is 0.438. The molecule has 0 radical (unpaired) electrons. The standard InChI is InChI=1S/C16H17Cl2FO3/c1-21-13-8-14(22-2)11(16(18)20)7-10(13)6-9-4-3-5-12(17)15(9)19/h3-5,8,11-12,15H,6-7H2,1-2H3. The quantitative estimate of drug-likeness (QED) is 0.556. The summed E-state index contributed by atoms with van der Waals surface area (Å²) in [6, 6.07) is 0. The largest absolute Gasteiger partial charge is 0.500 e. The summed E-state index contributed by atoms with van der Waals surface area (Å²) >= 11 is 11.6. The van der Waals surface area contributed by atoms with Crippen molar-refractivity contribution in [3.8, 4) is 0 Å². The van der Waals surface area contributed by atoms with Crippen LogP contribution in [-0.4, -0.2) is 31.0 Å². The summed E-state index contributed by atoms with van der Waals surface area (Å²) < 4.78 is 24.7. The molecular weight excluding hydrogens is 330 g/mol. The molecule has 0 saturated heterocycles. The summed E-state index contributed by atoms with van der Waals surface area (Å²) in [4.78, 5) is 11.6. The first-order valence-electron chi connectivity index (χ1n) is 6.84. The van der Waals surface area contributed by atoms with Crippen molar-refractivity contribution in [1.29, 1.82) is 0 Å². The minimum Gasteiger partial charge on any atom is -0.500 e. The van der Waals surface area contributed by atoms with Gasteiger partial charge >= 0.3 is 0 Å². The Bertz CT molecular complexity index is 578. The second-order valence-corrected chi connectivity index (χ2v) is 6.01. The van der Waals surface area contributed by atoms with E-state index in [1.165, 1.54) is 14.2 Å². The van der Waals surface area contributed by atoms with Crippen LogP contribution in [0.4, 0.5) is 4.39 Å². The van der Waals surface area contributed by atoms with Gasteiger partial charge in [0.15, 0.2) is 0 Å². The van der Waals surface area contributed by atoms with E-state index in [0.717, 1.165) is 5.57 Å². The molecule has 0 amide bonds. The molecule has 2 aliphatic rings. The lowest BCUT2D eigenvalue weighted by Crippen LogP contribution is -2.23. The van der Waals surface area contributed by atoms with Crippen molar-refractivity contribution in [3.63, 3.8) is 0 Å². The van der Waals surface area contributed by atoms with Crippen molar-refractivity contribution in [2.45, 2.75) is 24.4 Å². The number of halogens is 3. The zero-order valence-electron chi connectivity index (χ0n) is 12.3. The molecule has 6 heteroatoms. The third kappa shape index (κ3) is 3.55. The summed E-state index contributed by atoms with van der Waals surface area (Å²) in [6.07, 6.45) is 6.11. The molecule has 0 aliphatic heterocycles. The smallest absolute Gasteiger partial charge is 0.232 e. The second kappa shape index (κ2) is 7.34. The average Bonchev–Trinajstić information content (AvgIpc) is 2.51. The summed E-state index contributed by atoms with van der Waals surface area (Å²) in [7, 11) is 3.00. The highest BCUT2D eigenvalue weighted by Gasteiger charge is 2.32. The van der Waals surface area contributed by atoms with Gasteiger partial charge in [-0.1, -0.05) is 18.2 Å². The SMILES string of the molecule is COC1=CC(OC)=C(CC2=CC=CC(Cl)C2F)CC1C(=O)Cl. The molecule has 0 fully saturated rings. The van der Waals surface area contributed by atoms with Gasteiger partial charge in [0, 0.05) is 6.08 Å². The third-order valence-corrected chi connectivity index (χ3v) is 4.43. The van der Waals surface area contributed by atoms with Gasteiger partial charge in [-0.2, -0.15) is 0 Å². The molecule has 0 aromatic heterocycles. The second-order valence-electron chi connectivity index (χ2n) is 5.13. The summed E-state index contributed by atoms with van der Waals surface area (Å²) in [5, 5.41) is -1.18. The Morgan fingerprint density at radius 2 is 2.14 bits per heavy atom. The Hall–Kier alpha value is -1.26. The average molecular weight is 347 g/mol. The van der Waals surface area contributed by atoms with Gasteiger partial charge in [-0.3, -0.25) is 4.79 Å². The number of rotatable bonds is 5. The maximum Gasteiger partial charge on any atom is 0.232 e. The van der Waals surface area contributed by atoms with Gasteiger partial charge in [-0.15, -0.1) is 11.6 Å². The van der Waals surface area contributed by atoms with E-state index >= 15 is 0 Å². The first-order chi connectivity index (χ1) is 10.5. The van der Waals surface area contributed by atoms with E-state index in [1.807, 2.05) is 0 Å². The van der Waals surface area contributed by atoms with Gasteiger partial charge in [0.2, 0.25) is 5.24 Å². The Morgan fingerprint density at radius 3 is 2.73 bits per heavy atom. The zero-order valence-corrected chi connectivity index (χ0v) is 13.8. The van der Waals surface area contributed by atoms with Crippen molar-refractivity contribution >= 4 is 28.4 Å². The predicted molar refractivity (Wildman–Crippen MR) is 84.5 cm³/mol. The Kier molecular flexibility index (Phi) is 5.70. The van der Waals surface area contributed by atoms with Crippen molar-refractivity contribution in [2.24, 2.45) is 5.92 Å². The van der Waals surface area contributed by atoms with E-state index in [2.05, 4.69) is 0 Å². The Morgan fingerprint density at radius 1 is 1.41 bits per heavy atom. The van der Waals surface area contributed by atoms with Gasteiger partial charge in [0.25, 0.3) is 0 Å². The lowest BCUT2D eigenvalue weighted by atomic mass is 9.86. The molecule has 0 bridgehead atoms. The van der Waals surface area contributed by atoms with Crippen LogP contribution in [0.5, 0.6) is 0 Å². The predicted octanol–water partition coefficient (Wildman–Crippen LogP) is 4.03. The van der Waals surface area contributed by atoms with Gasteiger partial charge < -0.3 is 9.47 Å². The summed E-state index contributed by atoms with van der Waals surface area (Å²) in [5.74, 6) is 0.440. The van der Waals surface area contributed by atoms with E-state index < -0.39 is 22.7 Å². The number of carbonyl (C=O) groups is 1. The first kappa shape index (κ1) is 17.1. The molecule has 0 heterocycles. The van der Waals surface area contributed by atoms with Crippen molar-refractivity contribution in [2.75, 3.05) is 14.2 Å². The third-order valence-electron chi connectivity index (χ3n) is 3.80. The normalized spacial score (nSPS) is 28.1. The van der Waals surface area contributed by atoms with Crippen LogP contribution in [0.15, 0.2) is 47.0 Å². The molecule has 0 N–H and O–H groups in total. The van der Waals surface area contributed by atoms with Crippen molar-refractivity contribution in [1.82, 2.24) is 0 Å². The molecule has 3 unspecified atom stereocenters. The first-order valence-corrected chi connectivity index (χ1v) is 7.65. The van der Waals surface area contributed by atoms with Crippen molar-refractivity contribution < 1.29 is 18.7 Å². The lowest BCUT2D eigenvalue weighted by Gasteiger charge is -2.26. The topological polar surface area (TPSA) is 35.5 Å². The fourth-order valence-corrected chi connectivity index (χ4v) is 3.05. The van der Waals surface area contributed by atoms with Crippen LogP contribution >= 0.6 is 23.2 Å². The molecule has 120 valence electrons. The van der Waals surface area contributed by atoms with Crippen LogP contribution in [0, 0.1) is 5.92 Å². The van der Waals surface area contributed by atoms with E-state index in [4.69, 9.17) is 32.7 Å². The number of ether oxygens (including phenoxy) is 2. The Labute approximate surface area is 139 Å². The zero-order chi connectivity index (χ0) is 16.3. The molecular formula is C16H17Cl2FO3. The molecule has 3 atom stereocenters. The molecule has 2 rings (SSSR count). The maximum absolute atomic E-state index is 14.2. The highest BCUT2D eigenvalue weighted by atomic mass is 35.5. The molecule has 3 nitrogen and oxygen atoms in total. The monoisotopic (exact) mass is 346 g/mol. The van der Waals surface area contributed by atoms with E-state index in [1.54, 1.807) is 24.3 Å². The molecule has 2 aliphatic carbocycles. The molecule has 0 spiro atoms. The molecule has 0 aromatic carbocycles. The van der Waals surface area contributed by atoms with Crippen LogP contribution in [0.3, 0.4) is 0 Å². The van der Waals surface area contributed by atoms with E-state index in [9.17, 15) is 9.18 Å². The number of hydrogen-bond donors (Lipinski definition) is 0. The highest BCUT2D eigenvalue weighted by molar-refractivity contribution is 6.64. The van der Waals surface area contributed by atoms with Gasteiger partial charge in [0.05, 0.1) is 25.5 Å². The number of methoxy groups -OCH3 is 2. The minimum atomic E-state index is -1.25. The number of carbonyl (C=O) groups excluding carboxylic acids is 1. The maximum atomic E-state index is 14.2. The van der Waals surface area contributed by atoms with Gasteiger partial charge in [0.1, 0.15) is 17.7 Å². The van der Waals surface area contributed by atoms with Crippen LogP contribution in [-0.2, 0) is 14.3 Å². The van der Waals surface area contributed by atoms with E-state index in [-0.39, 0.29) is 0 Å². The molecule has 22 heavy (non-hydrogen) atoms. The molecule has 0 saturated carbocycles. The van der Waals surface area contributed by atoms with Crippen LogP contribution in [0.1, 0.15) is 12.8 Å². The van der Waals surface area contributed by atoms with Crippen LogP contribution < -0.4 is 0 Å². The number of hydrogen-bond acceptors (Lipinski definition) is 3. The Balaban J connectivity index is 2.29. The van der Waals surface area contributed by atoms with Gasteiger partial charge in [-0.05, 0) is 35.6 Å². The minimum absolute atomic E-state index is 0.339. The van der Waals surface area contributed by atoms with Gasteiger partial charge in [-0.25, -0.2) is 4.39 Å². The number of alkyl halides is 2. The van der Waals surface area contributed by atoms with Crippen LogP contribution in [0.2, 0.25) is 0 Å². The molecule has 0 aromatic rings.